The first-order valence-corrected chi connectivity index (χ1v) is 10.9. The van der Waals surface area contributed by atoms with Gasteiger partial charge in [-0.2, -0.15) is 4.57 Å². The van der Waals surface area contributed by atoms with E-state index in [2.05, 4.69) is 5.10 Å². The third-order valence-electron chi connectivity index (χ3n) is 5.28. The molecule has 1 aromatic carbocycles. The Morgan fingerprint density at radius 2 is 1.78 bits per heavy atom. The minimum atomic E-state index is -0.485. The number of hydrogen-bond acceptors (Lipinski definition) is 3. The Kier molecular flexibility index (Phi) is 5.79. The number of imide groups is 1. The standard InChI is InChI=1S/C23H20Cl2N4O3/c1-4-9-28-21(30)19(20(23(28)32)27-10-5-6-13(2)12-27)18-14(3)26-29(22(18)31)15-7-8-16(24)17(25)11-15/h5-8,10-12H,4,9H2,1-3H3/p+1. The maximum Gasteiger partial charge on any atom is 0.326 e. The number of hydrogen-bond donors (Lipinski definition) is 1. The lowest BCUT2D eigenvalue weighted by molar-refractivity contribution is -0.577. The van der Waals surface area contributed by atoms with E-state index in [0.29, 0.717) is 27.8 Å². The third-order valence-corrected chi connectivity index (χ3v) is 6.02. The van der Waals surface area contributed by atoms with Gasteiger partial charge in [-0.1, -0.05) is 30.1 Å². The normalized spacial score (nSPS) is 14.1. The van der Waals surface area contributed by atoms with Crippen LogP contribution in [0, 0.1) is 13.8 Å². The topological polar surface area (TPSA) is 79.1 Å². The molecule has 2 aromatic heterocycles. The fourth-order valence-corrected chi connectivity index (χ4v) is 4.13. The summed E-state index contributed by atoms with van der Waals surface area (Å²) in [6.07, 6.45) is 4.06. The first-order chi connectivity index (χ1) is 15.2. The van der Waals surface area contributed by atoms with Gasteiger partial charge < -0.3 is 0 Å². The maximum atomic E-state index is 13.5. The maximum absolute atomic E-state index is 13.5. The van der Waals surface area contributed by atoms with Crippen LogP contribution in [-0.2, 0) is 9.59 Å². The number of carbonyl (C=O) groups excluding carboxylic acids is 2. The van der Waals surface area contributed by atoms with Gasteiger partial charge >= 0.3 is 5.91 Å². The average molecular weight is 472 g/mol. The zero-order chi connectivity index (χ0) is 23.2. The van der Waals surface area contributed by atoms with Gasteiger partial charge in [0.15, 0.2) is 12.4 Å². The molecule has 0 radical (unpaired) electrons. The average Bonchev–Trinajstić information content (AvgIpc) is 3.17. The number of rotatable bonds is 5. The van der Waals surface area contributed by atoms with Crippen molar-refractivity contribution in [2.45, 2.75) is 27.2 Å². The van der Waals surface area contributed by atoms with E-state index in [9.17, 15) is 14.4 Å². The molecule has 1 aliphatic rings. The van der Waals surface area contributed by atoms with Gasteiger partial charge in [-0.3, -0.25) is 24.4 Å². The molecule has 0 saturated heterocycles. The third kappa shape index (κ3) is 3.57. The van der Waals surface area contributed by atoms with Gasteiger partial charge in [0.2, 0.25) is 0 Å². The molecule has 2 amide bonds. The van der Waals surface area contributed by atoms with Crippen molar-refractivity contribution in [2.75, 3.05) is 6.54 Å². The molecule has 7 nitrogen and oxygen atoms in total. The summed E-state index contributed by atoms with van der Waals surface area (Å²) in [7, 11) is 0. The van der Waals surface area contributed by atoms with Crippen LogP contribution in [0.3, 0.4) is 0 Å². The summed E-state index contributed by atoms with van der Waals surface area (Å²) in [6, 6.07) is 8.46. The SMILES string of the molecule is CCCN1C(=O)C(c2c(C)[nH]n(-c3ccc(Cl)c(Cl)c3)c2=O)=C([n+]2cccc(C)c2)C1=O. The molecule has 0 unspecified atom stereocenters. The van der Waals surface area contributed by atoms with Gasteiger partial charge in [0.05, 0.1) is 21.3 Å². The van der Waals surface area contributed by atoms with Crippen LogP contribution in [0.15, 0.2) is 47.5 Å². The van der Waals surface area contributed by atoms with Crippen molar-refractivity contribution in [3.63, 3.8) is 0 Å². The molecule has 0 atom stereocenters. The molecule has 3 aromatic rings. The zero-order valence-corrected chi connectivity index (χ0v) is 19.3. The summed E-state index contributed by atoms with van der Waals surface area (Å²) in [5.41, 5.74) is 1.77. The molecule has 0 bridgehead atoms. The van der Waals surface area contributed by atoms with E-state index in [1.165, 1.54) is 9.58 Å². The molecule has 0 saturated carbocycles. The molecule has 3 heterocycles. The van der Waals surface area contributed by atoms with Crippen molar-refractivity contribution in [3.05, 3.63) is 79.9 Å². The molecule has 164 valence electrons. The molecular weight excluding hydrogens is 451 g/mol. The quantitative estimate of drug-likeness (QED) is 0.456. The first kappa shape index (κ1) is 22.0. The lowest BCUT2D eigenvalue weighted by atomic mass is 10.1. The Bertz CT molecular complexity index is 1350. The summed E-state index contributed by atoms with van der Waals surface area (Å²) in [5.74, 6) is -0.912. The Morgan fingerprint density at radius 1 is 1.03 bits per heavy atom. The molecular formula is C23H21Cl2N4O3+. The van der Waals surface area contributed by atoms with Crippen molar-refractivity contribution in [1.82, 2.24) is 14.7 Å². The summed E-state index contributed by atoms with van der Waals surface area (Å²) in [6.45, 7) is 5.73. The van der Waals surface area contributed by atoms with Gasteiger partial charge in [0, 0.05) is 23.9 Å². The van der Waals surface area contributed by atoms with Crippen LogP contribution < -0.4 is 10.1 Å². The van der Waals surface area contributed by atoms with Gasteiger partial charge in [0.25, 0.3) is 17.2 Å². The smallest absolute Gasteiger partial charge is 0.295 e. The number of halogens is 2. The molecule has 4 rings (SSSR count). The van der Waals surface area contributed by atoms with Crippen LogP contribution in [0.2, 0.25) is 10.0 Å². The van der Waals surface area contributed by atoms with Crippen molar-refractivity contribution < 1.29 is 14.2 Å². The fourth-order valence-electron chi connectivity index (χ4n) is 3.83. The molecule has 32 heavy (non-hydrogen) atoms. The van der Waals surface area contributed by atoms with Crippen molar-refractivity contribution >= 4 is 46.3 Å². The van der Waals surface area contributed by atoms with Crippen LogP contribution >= 0.6 is 23.2 Å². The van der Waals surface area contributed by atoms with E-state index in [0.717, 1.165) is 5.56 Å². The highest BCUT2D eigenvalue weighted by Gasteiger charge is 2.46. The number of aryl methyl sites for hydroxylation is 2. The zero-order valence-electron chi connectivity index (χ0n) is 17.8. The molecule has 0 fully saturated rings. The van der Waals surface area contributed by atoms with Crippen molar-refractivity contribution in [2.24, 2.45) is 0 Å². The number of carbonyl (C=O) groups is 2. The second-order valence-corrected chi connectivity index (χ2v) is 8.44. The minimum absolute atomic E-state index is 0.0802. The number of nitrogens with one attached hydrogen (secondary N) is 1. The molecule has 9 heteroatoms. The number of aromatic nitrogens is 3. The van der Waals surface area contributed by atoms with Crippen molar-refractivity contribution in [3.8, 4) is 5.69 Å². The van der Waals surface area contributed by atoms with Crippen LogP contribution in [-0.4, -0.2) is 33.0 Å². The van der Waals surface area contributed by atoms with Gasteiger partial charge in [0.1, 0.15) is 5.57 Å². The van der Waals surface area contributed by atoms with Crippen LogP contribution in [0.25, 0.3) is 17.0 Å². The van der Waals surface area contributed by atoms with Crippen LogP contribution in [0.5, 0.6) is 0 Å². The van der Waals surface area contributed by atoms with E-state index < -0.39 is 17.4 Å². The summed E-state index contributed by atoms with van der Waals surface area (Å²) in [4.78, 5) is 41.3. The van der Waals surface area contributed by atoms with Crippen LogP contribution in [0.1, 0.15) is 30.2 Å². The molecule has 1 N–H and O–H groups in total. The molecule has 0 aliphatic carbocycles. The van der Waals surface area contributed by atoms with E-state index >= 15 is 0 Å². The number of nitrogens with zero attached hydrogens (tertiary/aromatic N) is 3. The largest absolute Gasteiger partial charge is 0.326 e. The predicted octanol–water partition coefficient (Wildman–Crippen LogP) is 3.52. The lowest BCUT2D eigenvalue weighted by Crippen LogP contribution is -2.40. The van der Waals surface area contributed by atoms with Crippen LogP contribution in [0.4, 0.5) is 0 Å². The van der Waals surface area contributed by atoms with E-state index in [4.69, 9.17) is 23.2 Å². The second-order valence-electron chi connectivity index (χ2n) is 7.62. The van der Waals surface area contributed by atoms with Crippen molar-refractivity contribution in [1.29, 1.82) is 0 Å². The summed E-state index contributed by atoms with van der Waals surface area (Å²) < 4.78 is 2.90. The highest BCUT2D eigenvalue weighted by molar-refractivity contribution is 6.44. The Balaban J connectivity index is 1.97. The van der Waals surface area contributed by atoms with E-state index in [-0.39, 0.29) is 23.4 Å². The summed E-state index contributed by atoms with van der Waals surface area (Å²) in [5, 5.41) is 3.65. The van der Waals surface area contributed by atoms with E-state index in [1.807, 2.05) is 19.9 Å². The summed E-state index contributed by atoms with van der Waals surface area (Å²) >= 11 is 12.1. The second kappa shape index (κ2) is 8.41. The molecule has 1 aliphatic heterocycles. The van der Waals surface area contributed by atoms with Gasteiger partial charge in [-0.15, -0.1) is 0 Å². The Labute approximate surface area is 194 Å². The predicted molar refractivity (Wildman–Crippen MR) is 123 cm³/mol. The monoisotopic (exact) mass is 471 g/mol. The van der Waals surface area contributed by atoms with Gasteiger partial charge in [-0.05, 0) is 44.5 Å². The number of amides is 2. The molecule has 0 spiro atoms. The first-order valence-electron chi connectivity index (χ1n) is 10.1. The number of aromatic amines is 1. The lowest BCUT2D eigenvalue weighted by Gasteiger charge is -2.11. The Hall–Kier alpha value is -3.16. The minimum Gasteiger partial charge on any atom is -0.295 e. The number of H-pyrrole nitrogens is 1. The number of benzene rings is 1. The highest BCUT2D eigenvalue weighted by Crippen LogP contribution is 2.30. The Morgan fingerprint density at radius 3 is 2.44 bits per heavy atom. The highest BCUT2D eigenvalue weighted by atomic mass is 35.5. The fraction of sp³-hybridized carbons (Fsp3) is 0.217. The van der Waals surface area contributed by atoms with Gasteiger partial charge in [-0.25, -0.2) is 4.68 Å². The van der Waals surface area contributed by atoms with E-state index in [1.54, 1.807) is 48.1 Å². The number of pyridine rings is 1.